The van der Waals surface area contributed by atoms with E-state index in [0.717, 1.165) is 39.3 Å². The molecule has 0 saturated carbocycles. The Morgan fingerprint density at radius 2 is 1.25 bits per heavy atom. The van der Waals surface area contributed by atoms with Crippen LogP contribution in [0.15, 0.2) is 134 Å². The first-order chi connectivity index (χ1) is 17.5. The summed E-state index contributed by atoms with van der Waals surface area (Å²) in [6.07, 6.45) is 6.02. The van der Waals surface area contributed by atoms with Gasteiger partial charge in [0, 0.05) is 33.8 Å². The largest absolute Gasteiger partial charge is 0.310 e. The summed E-state index contributed by atoms with van der Waals surface area (Å²) in [6, 6.07) is 34.0. The minimum Gasteiger partial charge on any atom is -0.310 e. The van der Waals surface area contributed by atoms with Crippen molar-refractivity contribution in [3.05, 3.63) is 161 Å². The van der Waals surface area contributed by atoms with Gasteiger partial charge in [0.25, 0.3) is 0 Å². The number of nitrogens with zero attached hydrogens (tertiary/aromatic N) is 1. The van der Waals surface area contributed by atoms with E-state index in [1.807, 2.05) is 111 Å². The van der Waals surface area contributed by atoms with E-state index in [1.165, 1.54) is 0 Å². The first kappa shape index (κ1) is 24.7. The summed E-state index contributed by atoms with van der Waals surface area (Å²) in [7, 11) is 0. The topological polar surface area (TPSA) is 20.3 Å². The molecule has 36 heavy (non-hydrogen) atoms. The van der Waals surface area contributed by atoms with E-state index in [4.69, 9.17) is 0 Å². The van der Waals surface area contributed by atoms with Gasteiger partial charge in [-0.2, -0.15) is 0 Å². The number of para-hydroxylation sites is 2. The van der Waals surface area contributed by atoms with Crippen LogP contribution in [0.5, 0.6) is 0 Å². The van der Waals surface area contributed by atoms with Crippen molar-refractivity contribution in [2.75, 3.05) is 4.90 Å². The molecule has 4 rings (SSSR count). The van der Waals surface area contributed by atoms with Gasteiger partial charge < -0.3 is 4.90 Å². The van der Waals surface area contributed by atoms with Gasteiger partial charge in [-0.05, 0) is 55.7 Å². The van der Waals surface area contributed by atoms with Crippen molar-refractivity contribution in [1.82, 2.24) is 0 Å². The molecule has 0 spiro atoms. The molecule has 0 N–H and O–H groups in total. The summed E-state index contributed by atoms with van der Waals surface area (Å²) in [5.74, 6) is 0.00466. The van der Waals surface area contributed by atoms with Gasteiger partial charge in [0.2, 0.25) is 0 Å². The lowest BCUT2D eigenvalue weighted by Gasteiger charge is -2.30. The summed E-state index contributed by atoms with van der Waals surface area (Å²) in [5.41, 5.74) is 8.03. The molecule has 4 aromatic carbocycles. The maximum atomic E-state index is 13.8. The van der Waals surface area contributed by atoms with Gasteiger partial charge in [-0.1, -0.05) is 110 Å². The third-order valence-corrected chi connectivity index (χ3v) is 6.26. The van der Waals surface area contributed by atoms with Gasteiger partial charge in [0.1, 0.15) is 0 Å². The number of carbonyl (C=O) groups is 1. The van der Waals surface area contributed by atoms with Crippen molar-refractivity contribution in [2.45, 2.75) is 20.8 Å². The molecule has 0 aliphatic heterocycles. The van der Waals surface area contributed by atoms with Crippen LogP contribution in [0, 0.1) is 13.8 Å². The maximum absolute atomic E-state index is 13.8. The zero-order valence-corrected chi connectivity index (χ0v) is 21.1. The van der Waals surface area contributed by atoms with E-state index in [2.05, 4.69) is 42.7 Å². The minimum absolute atomic E-state index is 0.00466. The standard InChI is InChI=1S/C34H31NO/c1-5-6-20-30(31-22-13-14-23-32(31)34(36)29-21-12-10-16-25(29)2)27(4)35(28-18-8-7-9-19-28)33-24-15-11-17-26(33)3/h5-24H,4H2,1-3H3/b6-5-,30-20+. The van der Waals surface area contributed by atoms with Gasteiger partial charge in [-0.25, -0.2) is 0 Å². The van der Waals surface area contributed by atoms with Crippen LogP contribution >= 0.6 is 0 Å². The fourth-order valence-corrected chi connectivity index (χ4v) is 4.37. The molecular weight excluding hydrogens is 438 g/mol. The van der Waals surface area contributed by atoms with Gasteiger partial charge in [0.15, 0.2) is 5.78 Å². The summed E-state index contributed by atoms with van der Waals surface area (Å²) >= 11 is 0. The van der Waals surface area contributed by atoms with Gasteiger partial charge >= 0.3 is 0 Å². The number of benzene rings is 4. The second-order valence-electron chi connectivity index (χ2n) is 8.70. The zero-order chi connectivity index (χ0) is 25.5. The van der Waals surface area contributed by atoms with Crippen LogP contribution in [0.2, 0.25) is 0 Å². The van der Waals surface area contributed by atoms with Gasteiger partial charge in [-0.15, -0.1) is 0 Å². The monoisotopic (exact) mass is 469 g/mol. The number of hydrogen-bond acceptors (Lipinski definition) is 2. The Kier molecular flexibility index (Phi) is 7.77. The third-order valence-electron chi connectivity index (χ3n) is 6.26. The average Bonchev–Trinajstić information content (AvgIpc) is 2.91. The molecule has 2 heteroatoms. The van der Waals surface area contributed by atoms with Crippen molar-refractivity contribution >= 4 is 22.7 Å². The van der Waals surface area contributed by atoms with Gasteiger partial charge in [-0.3, -0.25) is 4.79 Å². The molecule has 0 amide bonds. The molecule has 0 atom stereocenters. The van der Waals surface area contributed by atoms with Crippen LogP contribution < -0.4 is 4.90 Å². The molecule has 178 valence electrons. The highest BCUT2D eigenvalue weighted by atomic mass is 16.1. The molecule has 0 saturated heterocycles. The van der Waals surface area contributed by atoms with E-state index in [-0.39, 0.29) is 5.78 Å². The van der Waals surface area contributed by atoms with Crippen molar-refractivity contribution in [3.63, 3.8) is 0 Å². The number of anilines is 2. The molecular formula is C34H31NO. The predicted molar refractivity (Wildman–Crippen MR) is 153 cm³/mol. The molecule has 4 aromatic rings. The number of allylic oxidation sites excluding steroid dienone is 4. The first-order valence-electron chi connectivity index (χ1n) is 12.2. The molecule has 0 aliphatic rings. The predicted octanol–water partition coefficient (Wildman–Crippen LogP) is 8.85. The number of hydrogen-bond donors (Lipinski definition) is 0. The number of carbonyl (C=O) groups excluding carboxylic acids is 1. The Morgan fingerprint density at radius 3 is 1.89 bits per heavy atom. The van der Waals surface area contributed by atoms with Crippen molar-refractivity contribution in [3.8, 4) is 0 Å². The van der Waals surface area contributed by atoms with Crippen LogP contribution in [0.3, 0.4) is 0 Å². The van der Waals surface area contributed by atoms with E-state index in [0.29, 0.717) is 11.1 Å². The van der Waals surface area contributed by atoms with Crippen LogP contribution in [-0.4, -0.2) is 5.78 Å². The maximum Gasteiger partial charge on any atom is 0.193 e. The first-order valence-corrected chi connectivity index (χ1v) is 12.2. The van der Waals surface area contributed by atoms with E-state index in [1.54, 1.807) is 0 Å². The second-order valence-corrected chi connectivity index (χ2v) is 8.70. The van der Waals surface area contributed by atoms with E-state index in [9.17, 15) is 4.79 Å². The molecule has 0 aromatic heterocycles. The van der Waals surface area contributed by atoms with Crippen LogP contribution in [0.1, 0.15) is 39.5 Å². The quantitative estimate of drug-likeness (QED) is 0.190. The molecule has 0 aliphatic carbocycles. The van der Waals surface area contributed by atoms with Crippen LogP contribution in [-0.2, 0) is 0 Å². The average molecular weight is 470 g/mol. The second kappa shape index (κ2) is 11.3. The Bertz CT molecular complexity index is 1440. The van der Waals surface area contributed by atoms with Crippen molar-refractivity contribution in [1.29, 1.82) is 0 Å². The lowest BCUT2D eigenvalue weighted by molar-refractivity contribution is 0.103. The minimum atomic E-state index is 0.00466. The normalized spacial score (nSPS) is 11.5. The van der Waals surface area contributed by atoms with Crippen LogP contribution in [0.4, 0.5) is 11.4 Å². The Labute approximate surface area is 214 Å². The Balaban J connectivity index is 1.90. The van der Waals surface area contributed by atoms with Gasteiger partial charge in [0.05, 0.1) is 0 Å². The number of ketones is 1. The fraction of sp³-hybridized carbons (Fsp3) is 0.0882. The molecule has 0 unspecified atom stereocenters. The van der Waals surface area contributed by atoms with Crippen molar-refractivity contribution in [2.24, 2.45) is 0 Å². The summed E-state index contributed by atoms with van der Waals surface area (Å²) < 4.78 is 0. The Morgan fingerprint density at radius 1 is 0.694 bits per heavy atom. The smallest absolute Gasteiger partial charge is 0.193 e. The summed E-state index contributed by atoms with van der Waals surface area (Å²) in [5, 5.41) is 0. The third kappa shape index (κ3) is 5.13. The number of rotatable bonds is 8. The van der Waals surface area contributed by atoms with E-state index >= 15 is 0 Å². The SMILES string of the molecule is C=C(/C(=C\C=C/C)c1ccccc1C(=O)c1ccccc1C)N(c1ccccc1)c1ccccc1C. The fourth-order valence-electron chi connectivity index (χ4n) is 4.37. The highest BCUT2D eigenvalue weighted by molar-refractivity contribution is 6.13. The lowest BCUT2D eigenvalue weighted by atomic mass is 9.90. The molecule has 0 bridgehead atoms. The van der Waals surface area contributed by atoms with Crippen molar-refractivity contribution < 1.29 is 4.79 Å². The summed E-state index contributed by atoms with van der Waals surface area (Å²) in [4.78, 5) is 15.9. The highest BCUT2D eigenvalue weighted by Crippen LogP contribution is 2.38. The molecule has 0 radical (unpaired) electrons. The molecule has 2 nitrogen and oxygen atoms in total. The Hall–Kier alpha value is -4.43. The zero-order valence-electron chi connectivity index (χ0n) is 21.1. The summed E-state index contributed by atoms with van der Waals surface area (Å²) in [6.45, 7) is 10.6. The highest BCUT2D eigenvalue weighted by Gasteiger charge is 2.23. The van der Waals surface area contributed by atoms with Crippen LogP contribution in [0.25, 0.3) is 5.57 Å². The lowest BCUT2D eigenvalue weighted by Crippen LogP contribution is -2.19. The number of aryl methyl sites for hydroxylation is 2. The van der Waals surface area contributed by atoms with E-state index < -0.39 is 0 Å². The molecule has 0 fully saturated rings. The molecule has 0 heterocycles.